The van der Waals surface area contributed by atoms with E-state index in [1.807, 2.05) is 55.1 Å². The lowest BCUT2D eigenvalue weighted by Crippen LogP contribution is -2.51. The first kappa shape index (κ1) is 39.6. The normalized spacial score (nSPS) is 18.0. The summed E-state index contributed by atoms with van der Waals surface area (Å²) in [4.78, 5) is 72.5. The van der Waals surface area contributed by atoms with Gasteiger partial charge in [0, 0.05) is 29.4 Å². The van der Waals surface area contributed by atoms with Gasteiger partial charge in [-0.1, -0.05) is 62.4 Å². The molecule has 15 heteroatoms. The lowest BCUT2D eigenvalue weighted by Gasteiger charge is -2.29. The van der Waals surface area contributed by atoms with Gasteiger partial charge in [-0.2, -0.15) is 0 Å². The number of hydrogen-bond donors (Lipinski definition) is 4. The van der Waals surface area contributed by atoms with Gasteiger partial charge in [-0.15, -0.1) is 0 Å². The van der Waals surface area contributed by atoms with Crippen molar-refractivity contribution in [2.45, 2.75) is 70.3 Å². The average molecular weight is 825 g/mol. The molecule has 0 bridgehead atoms. The Morgan fingerprint density at radius 3 is 2.21 bits per heavy atom. The Kier molecular flexibility index (Phi) is 10.6. The number of methoxy groups -OCH3 is 2. The van der Waals surface area contributed by atoms with Gasteiger partial charge in [0.05, 0.1) is 49.2 Å². The highest BCUT2D eigenvalue weighted by atomic mass is 16.5. The molecule has 4 amide bonds. The molecule has 5 heterocycles. The molecular weight excluding hydrogens is 777 g/mol. The Morgan fingerprint density at radius 1 is 0.787 bits per heavy atom. The number of nitrogens with one attached hydrogen (secondary N) is 4. The minimum Gasteiger partial charge on any atom is -0.488 e. The molecule has 3 aliphatic heterocycles. The Bertz CT molecular complexity index is 2660. The number of benzene rings is 4. The molecular formula is C46H48N8O7. The second-order valence-corrected chi connectivity index (χ2v) is 16.2. The Labute approximate surface area is 352 Å². The van der Waals surface area contributed by atoms with E-state index in [-0.39, 0.29) is 29.8 Å². The van der Waals surface area contributed by atoms with Crippen LogP contribution in [0.4, 0.5) is 9.59 Å². The van der Waals surface area contributed by atoms with Gasteiger partial charge in [0.1, 0.15) is 36.1 Å². The summed E-state index contributed by atoms with van der Waals surface area (Å²) in [6.07, 6.45) is 3.62. The van der Waals surface area contributed by atoms with E-state index >= 15 is 0 Å². The minimum absolute atomic E-state index is 0.126. The third-order valence-electron chi connectivity index (χ3n) is 12.2. The van der Waals surface area contributed by atoms with Gasteiger partial charge in [0.2, 0.25) is 5.91 Å². The molecule has 0 saturated carbocycles. The fourth-order valence-corrected chi connectivity index (χ4v) is 9.12. The summed E-state index contributed by atoms with van der Waals surface area (Å²) < 4.78 is 16.2. The summed E-state index contributed by atoms with van der Waals surface area (Å²) in [7, 11) is 2.57. The highest BCUT2D eigenvalue weighted by molar-refractivity contribution is 6.09. The fraction of sp³-hybridized carbons (Fsp3) is 0.348. The lowest BCUT2D eigenvalue weighted by atomic mass is 9.92. The van der Waals surface area contributed by atoms with Crippen molar-refractivity contribution in [2.24, 2.45) is 5.92 Å². The van der Waals surface area contributed by atoms with Crippen LogP contribution in [-0.4, -0.2) is 87.1 Å². The van der Waals surface area contributed by atoms with Crippen LogP contribution in [0.25, 0.3) is 44.2 Å². The predicted octanol–water partition coefficient (Wildman–Crippen LogP) is 7.47. The van der Waals surface area contributed by atoms with Crippen LogP contribution in [-0.2, 0) is 25.7 Å². The highest BCUT2D eigenvalue weighted by Crippen LogP contribution is 2.45. The first-order valence-electron chi connectivity index (χ1n) is 20.7. The number of aromatic nitrogens is 4. The summed E-state index contributed by atoms with van der Waals surface area (Å²) in [5, 5.41) is 7.33. The zero-order valence-corrected chi connectivity index (χ0v) is 34.5. The first-order chi connectivity index (χ1) is 29.6. The third-order valence-corrected chi connectivity index (χ3v) is 12.2. The number of carbonyl (C=O) groups excluding carboxylic acids is 4. The zero-order valence-electron chi connectivity index (χ0n) is 34.5. The molecule has 2 fully saturated rings. The van der Waals surface area contributed by atoms with E-state index in [1.54, 1.807) is 11.1 Å². The van der Waals surface area contributed by atoms with Crippen LogP contribution in [0.15, 0.2) is 79.0 Å². The maximum absolute atomic E-state index is 14.0. The number of alkyl carbamates (subject to hydrolysis) is 2. The third kappa shape index (κ3) is 7.27. The first-order valence-corrected chi connectivity index (χ1v) is 20.7. The van der Waals surface area contributed by atoms with Crippen molar-refractivity contribution < 1.29 is 33.4 Å². The summed E-state index contributed by atoms with van der Waals surface area (Å²) >= 11 is 0. The largest absolute Gasteiger partial charge is 0.488 e. The SMILES string of the molecule is COC(=O)NC(C(=O)N1CCC[C@H]1c1ncc(-c2ccc3c(c2)COc2c-3ccc3c2ccc2[nH]c([C@@H]4CCCN4C(=O)[C@@H](NC(=O)OC)C(C)C)nc23)[nH]1)c1ccccc1. The number of rotatable bonds is 9. The molecule has 2 saturated heterocycles. The summed E-state index contributed by atoms with van der Waals surface area (Å²) in [5.41, 5.74) is 7.22. The van der Waals surface area contributed by atoms with Gasteiger partial charge in [-0.3, -0.25) is 9.59 Å². The van der Waals surface area contributed by atoms with Gasteiger partial charge < -0.3 is 44.6 Å². The number of likely N-dealkylation sites (tertiary alicyclic amines) is 2. The molecule has 314 valence electrons. The van der Waals surface area contributed by atoms with E-state index in [4.69, 9.17) is 24.2 Å². The van der Waals surface area contributed by atoms with Crippen LogP contribution in [0.5, 0.6) is 5.75 Å². The Morgan fingerprint density at radius 2 is 1.48 bits per heavy atom. The minimum atomic E-state index is -0.894. The second-order valence-electron chi connectivity index (χ2n) is 16.2. The van der Waals surface area contributed by atoms with Crippen molar-refractivity contribution in [1.29, 1.82) is 0 Å². The quantitative estimate of drug-likeness (QED) is 0.115. The van der Waals surface area contributed by atoms with Crippen LogP contribution in [0, 0.1) is 5.92 Å². The van der Waals surface area contributed by atoms with Gasteiger partial charge in [-0.05, 0) is 78.1 Å². The van der Waals surface area contributed by atoms with Crippen molar-refractivity contribution in [3.63, 3.8) is 0 Å². The number of nitrogens with zero attached hydrogens (tertiary/aromatic N) is 4. The van der Waals surface area contributed by atoms with Crippen LogP contribution in [0.2, 0.25) is 0 Å². The van der Waals surface area contributed by atoms with E-state index < -0.39 is 24.3 Å². The molecule has 61 heavy (non-hydrogen) atoms. The van der Waals surface area contributed by atoms with Crippen LogP contribution >= 0.6 is 0 Å². The summed E-state index contributed by atoms with van der Waals surface area (Å²) in [6, 6.07) is 21.6. The molecule has 3 aliphatic rings. The number of amides is 4. The molecule has 2 aromatic heterocycles. The smallest absolute Gasteiger partial charge is 0.407 e. The van der Waals surface area contributed by atoms with Crippen molar-refractivity contribution in [2.75, 3.05) is 27.3 Å². The van der Waals surface area contributed by atoms with Crippen LogP contribution in [0.3, 0.4) is 0 Å². The van der Waals surface area contributed by atoms with E-state index in [1.165, 1.54) is 14.2 Å². The molecule has 4 atom stereocenters. The number of ether oxygens (including phenoxy) is 3. The molecule has 6 aromatic rings. The molecule has 4 N–H and O–H groups in total. The van der Waals surface area contributed by atoms with Gasteiger partial charge >= 0.3 is 12.2 Å². The number of carbonyl (C=O) groups is 4. The van der Waals surface area contributed by atoms with Crippen LogP contribution < -0.4 is 15.4 Å². The predicted molar refractivity (Wildman–Crippen MR) is 227 cm³/mol. The number of aromatic amines is 2. The molecule has 1 unspecified atom stereocenters. The lowest BCUT2D eigenvalue weighted by molar-refractivity contribution is -0.135. The van der Waals surface area contributed by atoms with Crippen LogP contribution in [0.1, 0.15) is 80.4 Å². The van der Waals surface area contributed by atoms with Gasteiger partial charge in [0.15, 0.2) is 0 Å². The van der Waals surface area contributed by atoms with Crippen molar-refractivity contribution in [1.82, 2.24) is 40.4 Å². The van der Waals surface area contributed by atoms with E-state index in [0.29, 0.717) is 36.9 Å². The summed E-state index contributed by atoms with van der Waals surface area (Å²) in [6.45, 7) is 5.29. The van der Waals surface area contributed by atoms with Crippen molar-refractivity contribution >= 4 is 45.8 Å². The number of imidazole rings is 2. The van der Waals surface area contributed by atoms with Crippen molar-refractivity contribution in [3.05, 3.63) is 102 Å². The van der Waals surface area contributed by atoms with E-state index in [0.717, 1.165) is 81.2 Å². The van der Waals surface area contributed by atoms with Gasteiger partial charge in [0.25, 0.3) is 5.91 Å². The number of fused-ring (bicyclic) bond motifs is 7. The molecule has 0 radical (unpaired) electrons. The topological polar surface area (TPSA) is 184 Å². The molecule has 4 aromatic carbocycles. The maximum atomic E-state index is 14.0. The molecule has 0 spiro atoms. The standard InChI is InChI=1S/C46H48N8O7/c1-25(2)37(51-45(57)59-3)43(55)54-21-9-13-36(54)42-48-33-19-18-32-30(39(33)50-42)16-17-31-29-15-14-27(22-28(29)24-61-40(31)32)34-23-47-41(49-34)35-12-8-20-53(35)44(56)38(52-46(58)60-4)26-10-6-5-7-11-26/h5-7,10-11,14-19,22-23,25,35-38H,8-9,12-13,20-21,24H2,1-4H3,(H,47,49)(H,48,50)(H,51,57)(H,52,58)/t35-,36-,37-,38?/m0/s1. The van der Waals surface area contributed by atoms with E-state index in [2.05, 4.69) is 57.0 Å². The Hall–Kier alpha value is -6.90. The van der Waals surface area contributed by atoms with E-state index in [9.17, 15) is 19.2 Å². The zero-order chi connectivity index (χ0) is 42.4. The highest BCUT2D eigenvalue weighted by Gasteiger charge is 2.39. The molecule has 15 nitrogen and oxygen atoms in total. The molecule has 9 rings (SSSR count). The molecule has 0 aliphatic carbocycles. The number of H-pyrrole nitrogens is 2. The fourth-order valence-electron chi connectivity index (χ4n) is 9.12. The Balaban J connectivity index is 0.954. The number of hydrogen-bond acceptors (Lipinski definition) is 9. The van der Waals surface area contributed by atoms with Crippen molar-refractivity contribution in [3.8, 4) is 28.1 Å². The second kappa shape index (κ2) is 16.3. The maximum Gasteiger partial charge on any atom is 0.407 e. The monoisotopic (exact) mass is 824 g/mol. The van der Waals surface area contributed by atoms with Gasteiger partial charge in [-0.25, -0.2) is 19.6 Å². The summed E-state index contributed by atoms with van der Waals surface area (Å²) in [5.74, 6) is 1.70. The average Bonchev–Trinajstić information content (AvgIpc) is 4.13.